The van der Waals surface area contributed by atoms with E-state index in [2.05, 4.69) is 15.3 Å². The summed E-state index contributed by atoms with van der Waals surface area (Å²) in [5.74, 6) is -0.108. The molecule has 0 amide bonds. The number of sulfonamides is 1. The number of ether oxygens (including phenoxy) is 2. The molecule has 152 valence electrons. The van der Waals surface area contributed by atoms with Gasteiger partial charge in [0.2, 0.25) is 15.9 Å². The number of hydrogen-bond donors (Lipinski definition) is 2. The monoisotopic (exact) mass is 416 g/mol. The van der Waals surface area contributed by atoms with Gasteiger partial charge in [0.1, 0.15) is 5.56 Å². The lowest BCUT2D eigenvalue weighted by Gasteiger charge is -2.14. The summed E-state index contributed by atoms with van der Waals surface area (Å²) in [5.41, 5.74) is 2.17. The van der Waals surface area contributed by atoms with Crippen molar-refractivity contribution >= 4 is 32.6 Å². The molecule has 3 rings (SSSR count). The number of pyridine rings is 2. The van der Waals surface area contributed by atoms with Crippen LogP contribution in [0.1, 0.15) is 22.8 Å². The normalized spacial score (nSPS) is 11.3. The summed E-state index contributed by atoms with van der Waals surface area (Å²) >= 11 is 0. The average molecular weight is 416 g/mol. The van der Waals surface area contributed by atoms with Crippen LogP contribution in [0.25, 0.3) is 10.9 Å². The maximum atomic E-state index is 12.4. The van der Waals surface area contributed by atoms with Crippen LogP contribution in [0.4, 0.5) is 5.69 Å². The largest absolute Gasteiger partial charge is 0.481 e. The van der Waals surface area contributed by atoms with Crippen LogP contribution in [-0.4, -0.2) is 38.1 Å². The summed E-state index contributed by atoms with van der Waals surface area (Å²) < 4.78 is 33.0. The van der Waals surface area contributed by atoms with E-state index < -0.39 is 16.0 Å². The van der Waals surface area contributed by atoms with Gasteiger partial charge in [0.25, 0.3) is 0 Å². The molecule has 0 saturated heterocycles. The number of esters is 1. The van der Waals surface area contributed by atoms with Crippen LogP contribution >= 0.6 is 0 Å². The molecule has 0 atom stereocenters. The van der Waals surface area contributed by atoms with Crippen molar-refractivity contribution in [1.29, 1.82) is 0 Å². The third kappa shape index (κ3) is 4.61. The van der Waals surface area contributed by atoms with Gasteiger partial charge in [-0.15, -0.1) is 0 Å². The summed E-state index contributed by atoms with van der Waals surface area (Å²) in [6.07, 6.45) is 3.00. The number of rotatable bonds is 7. The number of nitrogens with one attached hydrogen (secondary N) is 1. The smallest absolute Gasteiger partial charge is 0.341 e. The van der Waals surface area contributed by atoms with Gasteiger partial charge in [-0.2, -0.15) is 0 Å². The number of fused-ring (bicyclic) bond motifs is 1. The lowest BCUT2D eigenvalue weighted by atomic mass is 10.1. The molecule has 0 bridgehead atoms. The van der Waals surface area contributed by atoms with Crippen LogP contribution in [0.5, 0.6) is 5.88 Å². The molecule has 3 N–H and O–H groups in total. The fraction of sp³-hybridized carbons (Fsp3) is 0.211. The van der Waals surface area contributed by atoms with Gasteiger partial charge in [0.15, 0.2) is 0 Å². The Bertz CT molecular complexity index is 1150. The molecule has 9 nitrogen and oxygen atoms in total. The van der Waals surface area contributed by atoms with Crippen molar-refractivity contribution in [2.24, 2.45) is 5.14 Å². The fourth-order valence-corrected chi connectivity index (χ4v) is 3.24. The van der Waals surface area contributed by atoms with E-state index in [1.165, 1.54) is 25.4 Å². The average Bonchev–Trinajstić information content (AvgIpc) is 2.71. The standard InChI is InChI=1S/C19H20N4O5S/c1-3-28-19(24)15-11-21-16-8-17(27-2)22-10-14(16)18(15)23-9-12-4-6-13(7-5-12)29(20,25)26/h4-8,10-11H,3,9H2,1-2H3,(H,21,23)(H2,20,25,26). The first-order valence-corrected chi connectivity index (χ1v) is 10.2. The van der Waals surface area contributed by atoms with E-state index in [4.69, 9.17) is 14.6 Å². The topological polar surface area (TPSA) is 134 Å². The van der Waals surface area contributed by atoms with Crippen molar-refractivity contribution in [3.63, 3.8) is 0 Å². The van der Waals surface area contributed by atoms with E-state index in [-0.39, 0.29) is 17.1 Å². The molecule has 1 aromatic carbocycles. The lowest BCUT2D eigenvalue weighted by molar-refractivity contribution is 0.0527. The summed E-state index contributed by atoms with van der Waals surface area (Å²) in [5, 5.41) is 8.95. The Morgan fingerprint density at radius 3 is 2.52 bits per heavy atom. The predicted molar refractivity (Wildman–Crippen MR) is 107 cm³/mol. The number of methoxy groups -OCH3 is 1. The van der Waals surface area contributed by atoms with E-state index >= 15 is 0 Å². The Kier molecular flexibility index (Phi) is 5.95. The molecular formula is C19H20N4O5S. The molecule has 0 radical (unpaired) electrons. The minimum atomic E-state index is -3.76. The Hall–Kier alpha value is -3.24. The maximum absolute atomic E-state index is 12.4. The molecule has 0 spiro atoms. The predicted octanol–water partition coefficient (Wildman–Crippen LogP) is 2.07. The Balaban J connectivity index is 1.96. The number of carbonyl (C=O) groups is 1. The maximum Gasteiger partial charge on any atom is 0.341 e. The number of hydrogen-bond acceptors (Lipinski definition) is 8. The first kappa shape index (κ1) is 20.5. The Labute approximate surface area is 167 Å². The molecule has 0 saturated carbocycles. The van der Waals surface area contributed by atoms with Crippen LogP contribution in [0.3, 0.4) is 0 Å². The Morgan fingerprint density at radius 1 is 1.17 bits per heavy atom. The minimum Gasteiger partial charge on any atom is -0.481 e. The molecule has 10 heteroatoms. The zero-order valence-corrected chi connectivity index (χ0v) is 16.7. The van der Waals surface area contributed by atoms with Gasteiger partial charge in [-0.25, -0.2) is 23.3 Å². The summed E-state index contributed by atoms with van der Waals surface area (Å²) in [6.45, 7) is 2.27. The van der Waals surface area contributed by atoms with E-state index in [0.717, 1.165) is 5.56 Å². The van der Waals surface area contributed by atoms with Crippen molar-refractivity contribution in [1.82, 2.24) is 9.97 Å². The fourth-order valence-electron chi connectivity index (χ4n) is 2.72. The molecule has 0 aliphatic rings. The van der Waals surface area contributed by atoms with Gasteiger partial charge in [-0.05, 0) is 24.6 Å². The number of nitrogens with zero attached hydrogens (tertiary/aromatic N) is 2. The molecule has 0 unspecified atom stereocenters. The number of aromatic nitrogens is 2. The quantitative estimate of drug-likeness (QED) is 0.559. The number of anilines is 1. The molecule has 2 heterocycles. The number of carbonyl (C=O) groups excluding carboxylic acids is 1. The van der Waals surface area contributed by atoms with Crippen molar-refractivity contribution in [3.8, 4) is 5.88 Å². The zero-order valence-electron chi connectivity index (χ0n) is 15.9. The van der Waals surface area contributed by atoms with Crippen molar-refractivity contribution in [2.45, 2.75) is 18.4 Å². The molecule has 2 aromatic heterocycles. The van der Waals surface area contributed by atoms with Crippen molar-refractivity contribution in [3.05, 3.63) is 53.9 Å². The Morgan fingerprint density at radius 2 is 1.90 bits per heavy atom. The first-order chi connectivity index (χ1) is 13.8. The van der Waals surface area contributed by atoms with Gasteiger partial charge in [0.05, 0.1) is 29.8 Å². The molecule has 3 aromatic rings. The molecule has 29 heavy (non-hydrogen) atoms. The SMILES string of the molecule is CCOC(=O)c1cnc2cc(OC)ncc2c1NCc1ccc(S(N)(=O)=O)cc1. The summed E-state index contributed by atoms with van der Waals surface area (Å²) in [7, 11) is -2.25. The van der Waals surface area contributed by atoms with Crippen LogP contribution in [0.15, 0.2) is 47.6 Å². The highest BCUT2D eigenvalue weighted by Crippen LogP contribution is 2.28. The number of primary sulfonamides is 1. The second kappa shape index (κ2) is 8.41. The molecule has 0 fully saturated rings. The van der Waals surface area contributed by atoms with E-state index in [0.29, 0.717) is 29.0 Å². The van der Waals surface area contributed by atoms with E-state index in [1.807, 2.05) is 0 Å². The van der Waals surface area contributed by atoms with Gasteiger partial charge >= 0.3 is 5.97 Å². The van der Waals surface area contributed by atoms with Gasteiger partial charge in [-0.3, -0.25) is 4.98 Å². The van der Waals surface area contributed by atoms with E-state index in [1.54, 1.807) is 31.3 Å². The number of benzene rings is 1. The highest BCUT2D eigenvalue weighted by molar-refractivity contribution is 7.89. The highest BCUT2D eigenvalue weighted by Gasteiger charge is 2.17. The zero-order chi connectivity index (χ0) is 21.0. The third-order valence-electron chi connectivity index (χ3n) is 4.15. The van der Waals surface area contributed by atoms with Crippen LogP contribution in [0, 0.1) is 0 Å². The van der Waals surface area contributed by atoms with Crippen molar-refractivity contribution in [2.75, 3.05) is 19.0 Å². The highest BCUT2D eigenvalue weighted by atomic mass is 32.2. The van der Waals surface area contributed by atoms with Crippen molar-refractivity contribution < 1.29 is 22.7 Å². The van der Waals surface area contributed by atoms with Gasteiger partial charge < -0.3 is 14.8 Å². The molecular weight excluding hydrogens is 396 g/mol. The van der Waals surface area contributed by atoms with E-state index in [9.17, 15) is 13.2 Å². The second-order valence-corrected chi connectivity index (χ2v) is 7.62. The molecule has 0 aliphatic heterocycles. The van der Waals surface area contributed by atoms with Crippen LogP contribution in [-0.2, 0) is 21.3 Å². The van der Waals surface area contributed by atoms with Gasteiger partial charge in [-0.1, -0.05) is 12.1 Å². The van der Waals surface area contributed by atoms with Crippen LogP contribution < -0.4 is 15.2 Å². The first-order valence-electron chi connectivity index (χ1n) is 8.69. The minimum absolute atomic E-state index is 0.0270. The van der Waals surface area contributed by atoms with Crippen LogP contribution in [0.2, 0.25) is 0 Å². The molecule has 0 aliphatic carbocycles. The third-order valence-corrected chi connectivity index (χ3v) is 5.08. The second-order valence-electron chi connectivity index (χ2n) is 6.05. The summed E-state index contributed by atoms with van der Waals surface area (Å²) in [4.78, 5) is 20.9. The number of nitrogens with two attached hydrogens (primary N) is 1. The lowest BCUT2D eigenvalue weighted by Crippen LogP contribution is -2.13. The summed E-state index contributed by atoms with van der Waals surface area (Å²) in [6, 6.07) is 7.80. The van der Waals surface area contributed by atoms with Gasteiger partial charge in [0, 0.05) is 30.4 Å².